The largest absolute Gasteiger partial charge is 0.472 e. The van der Waals surface area contributed by atoms with Gasteiger partial charge in [-0.05, 0) is 26.8 Å². The number of morpholine rings is 1. The number of hydrogen-bond donors (Lipinski definition) is 3. The Morgan fingerprint density at radius 2 is 2.20 bits per heavy atom. The van der Waals surface area contributed by atoms with Crippen molar-refractivity contribution in [2.45, 2.75) is 13.0 Å². The lowest BCUT2D eigenvalue weighted by Crippen LogP contribution is -2.45. The summed E-state index contributed by atoms with van der Waals surface area (Å²) in [5.74, 6) is 0.457. The van der Waals surface area contributed by atoms with Gasteiger partial charge in [0.15, 0.2) is 5.84 Å². The molecule has 0 radical (unpaired) electrons. The number of amidine groups is 1. The van der Waals surface area contributed by atoms with Crippen LogP contribution in [0.4, 0.5) is 0 Å². The molecule has 0 unspecified atom stereocenters. The Hall–Kier alpha value is -0.830. The molecule has 0 spiro atoms. The SMILES string of the molecule is CCO[C@@H](CNC)COC(=NS)C(=N)N1CCOCC1. The van der Waals surface area contributed by atoms with Crippen LogP contribution >= 0.6 is 12.8 Å². The minimum atomic E-state index is -0.0763. The van der Waals surface area contributed by atoms with Crippen molar-refractivity contribution in [1.29, 1.82) is 5.41 Å². The van der Waals surface area contributed by atoms with Crippen LogP contribution in [0.3, 0.4) is 0 Å². The summed E-state index contributed by atoms with van der Waals surface area (Å²) in [5.41, 5.74) is 0. The van der Waals surface area contributed by atoms with Crippen molar-refractivity contribution >= 4 is 24.5 Å². The van der Waals surface area contributed by atoms with Crippen molar-refractivity contribution in [2.75, 3.05) is 53.1 Å². The van der Waals surface area contributed by atoms with Gasteiger partial charge in [-0.1, -0.05) is 0 Å². The van der Waals surface area contributed by atoms with Crippen molar-refractivity contribution in [3.63, 3.8) is 0 Å². The second-order valence-electron chi connectivity index (χ2n) is 4.30. The third kappa shape index (κ3) is 5.66. The molecular weight excluding hydrogens is 280 g/mol. The zero-order valence-corrected chi connectivity index (χ0v) is 13.0. The van der Waals surface area contributed by atoms with Crippen molar-refractivity contribution < 1.29 is 14.2 Å². The predicted molar refractivity (Wildman–Crippen MR) is 81.8 cm³/mol. The maximum absolute atomic E-state index is 8.10. The van der Waals surface area contributed by atoms with Gasteiger partial charge in [-0.3, -0.25) is 5.41 Å². The number of thiol groups is 1. The van der Waals surface area contributed by atoms with E-state index >= 15 is 0 Å². The number of ether oxygens (including phenoxy) is 3. The third-order valence-corrected chi connectivity index (χ3v) is 3.04. The summed E-state index contributed by atoms with van der Waals surface area (Å²) >= 11 is 3.89. The first-order chi connectivity index (χ1) is 9.72. The number of rotatable bonds is 6. The van der Waals surface area contributed by atoms with Crippen LogP contribution < -0.4 is 5.32 Å². The standard InChI is InChI=1S/C12H24N4O3S/c1-3-18-10(8-14-2)9-19-12(15-20)11(13)16-4-6-17-7-5-16/h10,13-14,20H,3-9H2,1-2H3/t10-/m0/s1. The van der Waals surface area contributed by atoms with Crippen molar-refractivity contribution in [1.82, 2.24) is 10.2 Å². The zero-order valence-electron chi connectivity index (χ0n) is 12.1. The summed E-state index contributed by atoms with van der Waals surface area (Å²) in [6, 6.07) is 0. The molecule has 1 aliphatic rings. The van der Waals surface area contributed by atoms with Crippen LogP contribution in [-0.2, 0) is 14.2 Å². The fourth-order valence-electron chi connectivity index (χ4n) is 1.87. The first-order valence-corrected chi connectivity index (χ1v) is 7.15. The smallest absolute Gasteiger partial charge is 0.263 e. The lowest BCUT2D eigenvalue weighted by atomic mass is 10.3. The van der Waals surface area contributed by atoms with E-state index in [9.17, 15) is 0 Å². The number of likely N-dealkylation sites (N-methyl/N-ethyl adjacent to an activating group) is 1. The molecule has 1 aliphatic heterocycles. The fourth-order valence-corrected chi connectivity index (χ4v) is 2.02. The van der Waals surface area contributed by atoms with E-state index in [1.54, 1.807) is 0 Å². The molecule has 0 aliphatic carbocycles. The molecule has 1 rings (SSSR count). The monoisotopic (exact) mass is 304 g/mol. The topological polar surface area (TPSA) is 79.2 Å². The normalized spacial score (nSPS) is 17.9. The average molecular weight is 304 g/mol. The molecule has 1 saturated heterocycles. The van der Waals surface area contributed by atoms with Crippen LogP contribution in [0.25, 0.3) is 0 Å². The molecule has 0 amide bonds. The van der Waals surface area contributed by atoms with Crippen LogP contribution in [0.15, 0.2) is 4.40 Å². The van der Waals surface area contributed by atoms with Crippen molar-refractivity contribution in [3.05, 3.63) is 0 Å². The summed E-state index contributed by atoms with van der Waals surface area (Å²) in [4.78, 5) is 1.87. The summed E-state index contributed by atoms with van der Waals surface area (Å²) in [5, 5.41) is 11.1. The van der Waals surface area contributed by atoms with Crippen molar-refractivity contribution in [3.8, 4) is 0 Å². The molecule has 0 saturated carbocycles. The summed E-state index contributed by atoms with van der Waals surface area (Å²) in [6.07, 6.45) is -0.0763. The minimum absolute atomic E-state index is 0.0763. The number of hydrogen-bond acceptors (Lipinski definition) is 7. The lowest BCUT2D eigenvalue weighted by Gasteiger charge is -2.29. The van der Waals surface area contributed by atoms with E-state index in [1.807, 2.05) is 18.9 Å². The van der Waals surface area contributed by atoms with E-state index in [0.717, 1.165) is 0 Å². The second kappa shape index (κ2) is 9.98. The van der Waals surface area contributed by atoms with Crippen LogP contribution in [0.2, 0.25) is 0 Å². The van der Waals surface area contributed by atoms with Gasteiger partial charge >= 0.3 is 0 Å². The van der Waals surface area contributed by atoms with E-state index in [-0.39, 0.29) is 17.8 Å². The van der Waals surface area contributed by atoms with Crippen LogP contribution in [0, 0.1) is 5.41 Å². The molecule has 8 heteroatoms. The fraction of sp³-hybridized carbons (Fsp3) is 0.833. The van der Waals surface area contributed by atoms with E-state index in [1.165, 1.54) is 0 Å². The average Bonchev–Trinajstić information content (AvgIpc) is 2.49. The summed E-state index contributed by atoms with van der Waals surface area (Å²) in [6.45, 7) is 6.13. The second-order valence-corrected chi connectivity index (χ2v) is 4.50. The predicted octanol–water partition coefficient (Wildman–Crippen LogP) is 0.180. The molecule has 1 heterocycles. The minimum Gasteiger partial charge on any atom is -0.472 e. The molecule has 0 aromatic carbocycles. The highest BCUT2D eigenvalue weighted by Crippen LogP contribution is 2.03. The molecule has 0 aromatic heterocycles. The van der Waals surface area contributed by atoms with Gasteiger partial charge in [-0.15, -0.1) is 0 Å². The van der Waals surface area contributed by atoms with Crippen LogP contribution in [-0.4, -0.2) is 75.8 Å². The molecule has 1 fully saturated rings. The third-order valence-electron chi connectivity index (χ3n) is 2.86. The van der Waals surface area contributed by atoms with Crippen LogP contribution in [0.5, 0.6) is 0 Å². The Kier molecular flexibility index (Phi) is 8.59. The van der Waals surface area contributed by atoms with Gasteiger partial charge in [-0.25, -0.2) is 0 Å². The maximum Gasteiger partial charge on any atom is 0.263 e. The summed E-state index contributed by atoms with van der Waals surface area (Å²) < 4.78 is 20.1. The maximum atomic E-state index is 8.10. The Balaban J connectivity index is 2.46. The Morgan fingerprint density at radius 3 is 2.75 bits per heavy atom. The van der Waals surface area contributed by atoms with Gasteiger partial charge in [0, 0.05) is 26.2 Å². The Bertz CT molecular complexity index is 316. The highest BCUT2D eigenvalue weighted by Gasteiger charge is 2.20. The molecule has 7 nitrogen and oxygen atoms in total. The number of nitrogens with zero attached hydrogens (tertiary/aromatic N) is 2. The van der Waals surface area contributed by atoms with Gasteiger partial charge in [0.05, 0.1) is 13.2 Å². The van der Waals surface area contributed by atoms with E-state index in [2.05, 4.69) is 22.5 Å². The van der Waals surface area contributed by atoms with Gasteiger partial charge < -0.3 is 24.4 Å². The van der Waals surface area contributed by atoms with E-state index in [0.29, 0.717) is 46.1 Å². The highest BCUT2D eigenvalue weighted by molar-refractivity contribution is 7.79. The molecule has 0 bridgehead atoms. The molecule has 2 N–H and O–H groups in total. The highest BCUT2D eigenvalue weighted by atomic mass is 32.1. The van der Waals surface area contributed by atoms with Crippen LogP contribution in [0.1, 0.15) is 6.92 Å². The van der Waals surface area contributed by atoms with E-state index < -0.39 is 0 Å². The molecule has 20 heavy (non-hydrogen) atoms. The van der Waals surface area contributed by atoms with Gasteiger partial charge in [0.25, 0.3) is 5.90 Å². The quantitative estimate of drug-likeness (QED) is 0.371. The van der Waals surface area contributed by atoms with Gasteiger partial charge in [0.2, 0.25) is 0 Å². The first kappa shape index (κ1) is 17.2. The lowest BCUT2D eigenvalue weighted by molar-refractivity contribution is 0.0261. The first-order valence-electron chi connectivity index (χ1n) is 6.75. The Labute approximate surface area is 125 Å². The van der Waals surface area contributed by atoms with E-state index in [4.69, 9.17) is 19.6 Å². The Morgan fingerprint density at radius 1 is 1.50 bits per heavy atom. The molecule has 0 aromatic rings. The molecule has 116 valence electrons. The molecule has 1 atom stereocenters. The van der Waals surface area contributed by atoms with Crippen molar-refractivity contribution in [2.24, 2.45) is 4.40 Å². The summed E-state index contributed by atoms with van der Waals surface area (Å²) in [7, 11) is 1.86. The van der Waals surface area contributed by atoms with Gasteiger partial charge in [0.1, 0.15) is 12.7 Å². The zero-order chi connectivity index (χ0) is 14.8. The molecular formula is C12H24N4O3S. The number of nitrogens with one attached hydrogen (secondary N) is 2. The van der Waals surface area contributed by atoms with Gasteiger partial charge in [-0.2, -0.15) is 4.40 Å².